The smallest absolute Gasteiger partial charge is 0.313 e. The van der Waals surface area contributed by atoms with Gasteiger partial charge in [-0.3, -0.25) is 9.59 Å². The summed E-state index contributed by atoms with van der Waals surface area (Å²) in [6, 6.07) is 1.48. The zero-order valence-electron chi connectivity index (χ0n) is 9.52. The molecular formula is C11H11F3N2O2. The van der Waals surface area contributed by atoms with Crippen molar-refractivity contribution in [3.8, 4) is 0 Å². The van der Waals surface area contributed by atoms with Gasteiger partial charge in [0.15, 0.2) is 17.5 Å². The highest BCUT2D eigenvalue weighted by atomic mass is 19.2. The van der Waals surface area contributed by atoms with Crippen molar-refractivity contribution in [1.82, 2.24) is 5.32 Å². The van der Waals surface area contributed by atoms with E-state index in [2.05, 4.69) is 5.32 Å². The first-order chi connectivity index (χ1) is 8.47. The molecule has 0 aliphatic rings. The molecule has 4 nitrogen and oxygen atoms in total. The van der Waals surface area contributed by atoms with E-state index in [9.17, 15) is 22.8 Å². The number of carbonyl (C=O) groups is 2. The van der Waals surface area contributed by atoms with Crippen LogP contribution < -0.4 is 10.6 Å². The molecule has 0 fully saturated rings. The van der Waals surface area contributed by atoms with Crippen LogP contribution in [0.3, 0.4) is 0 Å². The molecule has 0 unspecified atom stereocenters. The summed E-state index contributed by atoms with van der Waals surface area (Å²) in [5.41, 5.74) is -0.592. The van der Waals surface area contributed by atoms with Crippen LogP contribution in [0.15, 0.2) is 12.1 Å². The molecule has 1 aromatic carbocycles. The van der Waals surface area contributed by atoms with Crippen LogP contribution >= 0.6 is 0 Å². The Morgan fingerprint density at radius 2 is 1.78 bits per heavy atom. The normalized spacial score (nSPS) is 10.0. The third-order valence-electron chi connectivity index (χ3n) is 2.03. The van der Waals surface area contributed by atoms with Gasteiger partial charge in [0.25, 0.3) is 0 Å². The number of rotatable bonds is 3. The maximum atomic E-state index is 13.2. The van der Waals surface area contributed by atoms with E-state index in [0.29, 0.717) is 12.5 Å². The third-order valence-corrected chi connectivity index (χ3v) is 2.03. The lowest BCUT2D eigenvalue weighted by atomic mass is 10.2. The second-order valence-electron chi connectivity index (χ2n) is 3.43. The minimum atomic E-state index is -1.71. The van der Waals surface area contributed by atoms with Crippen LogP contribution in [0.4, 0.5) is 18.9 Å². The number of halogens is 3. The summed E-state index contributed by atoms with van der Waals surface area (Å²) < 4.78 is 38.6. The Bertz CT molecular complexity index is 478. The van der Waals surface area contributed by atoms with Gasteiger partial charge in [0.2, 0.25) is 0 Å². The summed E-state index contributed by atoms with van der Waals surface area (Å²) in [5, 5.41) is 4.11. The highest BCUT2D eigenvalue weighted by Crippen LogP contribution is 2.19. The lowest BCUT2D eigenvalue weighted by Crippen LogP contribution is -2.36. The van der Waals surface area contributed by atoms with Crippen molar-refractivity contribution in [2.75, 3.05) is 11.9 Å². The lowest BCUT2D eigenvalue weighted by Gasteiger charge is -2.07. The summed E-state index contributed by atoms with van der Waals surface area (Å²) in [5.74, 6) is -6.75. The monoisotopic (exact) mass is 260 g/mol. The van der Waals surface area contributed by atoms with Crippen LogP contribution in [0.25, 0.3) is 0 Å². The van der Waals surface area contributed by atoms with E-state index < -0.39 is 35.0 Å². The molecule has 0 aliphatic carbocycles. The van der Waals surface area contributed by atoms with Gasteiger partial charge in [-0.05, 0) is 18.6 Å². The molecule has 7 heteroatoms. The van der Waals surface area contributed by atoms with Crippen LogP contribution in [0.1, 0.15) is 13.3 Å². The van der Waals surface area contributed by atoms with Crippen molar-refractivity contribution in [3.63, 3.8) is 0 Å². The van der Waals surface area contributed by atoms with Gasteiger partial charge in [0.1, 0.15) is 0 Å². The quantitative estimate of drug-likeness (QED) is 0.640. The molecule has 2 N–H and O–H groups in total. The average Bonchev–Trinajstić information content (AvgIpc) is 2.36. The van der Waals surface area contributed by atoms with Crippen LogP contribution in [0, 0.1) is 17.5 Å². The van der Waals surface area contributed by atoms with E-state index in [4.69, 9.17) is 0 Å². The lowest BCUT2D eigenvalue weighted by molar-refractivity contribution is -0.136. The fourth-order valence-electron chi connectivity index (χ4n) is 1.12. The Morgan fingerprint density at radius 3 is 2.39 bits per heavy atom. The van der Waals surface area contributed by atoms with E-state index in [1.165, 1.54) is 0 Å². The summed E-state index contributed by atoms with van der Waals surface area (Å²) in [6.07, 6.45) is 0.624. The number of nitrogens with one attached hydrogen (secondary N) is 2. The summed E-state index contributed by atoms with van der Waals surface area (Å²) in [4.78, 5) is 22.4. The maximum Gasteiger partial charge on any atom is 0.313 e. The van der Waals surface area contributed by atoms with Gasteiger partial charge < -0.3 is 10.6 Å². The van der Waals surface area contributed by atoms with E-state index in [0.717, 1.165) is 6.07 Å². The zero-order chi connectivity index (χ0) is 13.7. The highest BCUT2D eigenvalue weighted by Gasteiger charge is 2.18. The second kappa shape index (κ2) is 6.04. The summed E-state index contributed by atoms with van der Waals surface area (Å²) in [6.45, 7) is 2.07. The van der Waals surface area contributed by atoms with E-state index in [1.54, 1.807) is 6.92 Å². The van der Waals surface area contributed by atoms with Gasteiger partial charge in [0, 0.05) is 6.54 Å². The first-order valence-electron chi connectivity index (χ1n) is 5.20. The van der Waals surface area contributed by atoms with Crippen molar-refractivity contribution in [2.45, 2.75) is 13.3 Å². The van der Waals surface area contributed by atoms with Crippen LogP contribution in [-0.4, -0.2) is 18.4 Å². The van der Waals surface area contributed by atoms with Crippen LogP contribution in [-0.2, 0) is 9.59 Å². The van der Waals surface area contributed by atoms with Gasteiger partial charge in [-0.15, -0.1) is 0 Å². The number of hydrogen-bond donors (Lipinski definition) is 2. The molecular weight excluding hydrogens is 249 g/mol. The summed E-state index contributed by atoms with van der Waals surface area (Å²) >= 11 is 0. The molecule has 0 saturated heterocycles. The molecule has 0 heterocycles. The highest BCUT2D eigenvalue weighted by molar-refractivity contribution is 6.39. The Kier molecular flexibility index (Phi) is 4.70. The van der Waals surface area contributed by atoms with Crippen LogP contribution in [0.5, 0.6) is 0 Å². The molecule has 1 aromatic rings. The summed E-state index contributed by atoms with van der Waals surface area (Å²) in [7, 11) is 0. The molecule has 0 bridgehead atoms. The van der Waals surface area contributed by atoms with Gasteiger partial charge in [-0.25, -0.2) is 13.2 Å². The molecule has 1 rings (SSSR count). The van der Waals surface area contributed by atoms with Crippen molar-refractivity contribution in [2.24, 2.45) is 0 Å². The number of benzene rings is 1. The zero-order valence-corrected chi connectivity index (χ0v) is 9.52. The Hall–Kier alpha value is -2.05. The van der Waals surface area contributed by atoms with Crippen molar-refractivity contribution < 1.29 is 22.8 Å². The largest absolute Gasteiger partial charge is 0.348 e. The van der Waals surface area contributed by atoms with Crippen LogP contribution in [0.2, 0.25) is 0 Å². The molecule has 0 aromatic heterocycles. The number of amides is 2. The van der Waals surface area contributed by atoms with E-state index in [-0.39, 0.29) is 6.54 Å². The topological polar surface area (TPSA) is 58.2 Å². The molecule has 18 heavy (non-hydrogen) atoms. The van der Waals surface area contributed by atoms with E-state index >= 15 is 0 Å². The first kappa shape index (κ1) is 14.0. The average molecular weight is 260 g/mol. The fourth-order valence-corrected chi connectivity index (χ4v) is 1.12. The Morgan fingerprint density at radius 1 is 1.11 bits per heavy atom. The van der Waals surface area contributed by atoms with Crippen molar-refractivity contribution in [3.05, 3.63) is 29.6 Å². The first-order valence-corrected chi connectivity index (χ1v) is 5.20. The predicted molar refractivity (Wildman–Crippen MR) is 58.2 cm³/mol. The van der Waals surface area contributed by atoms with E-state index in [1.807, 2.05) is 5.32 Å². The molecule has 0 aliphatic heterocycles. The predicted octanol–water partition coefficient (Wildman–Crippen LogP) is 1.57. The minimum absolute atomic E-state index is 0.284. The Labute approximate surface area is 101 Å². The standard InChI is InChI=1S/C11H11F3N2O2/c1-2-5-15-10(17)11(18)16-7-4-3-6(12)8(13)9(7)14/h3-4H,2,5H2,1H3,(H,15,17)(H,16,18). The number of anilines is 1. The van der Waals surface area contributed by atoms with Gasteiger partial charge >= 0.3 is 11.8 Å². The van der Waals surface area contributed by atoms with Gasteiger partial charge in [-0.1, -0.05) is 6.92 Å². The SMILES string of the molecule is CCCNC(=O)C(=O)Nc1ccc(F)c(F)c1F. The molecule has 0 radical (unpaired) electrons. The van der Waals surface area contributed by atoms with Crippen molar-refractivity contribution in [1.29, 1.82) is 0 Å². The molecule has 98 valence electrons. The molecule has 2 amide bonds. The second-order valence-corrected chi connectivity index (χ2v) is 3.43. The fraction of sp³-hybridized carbons (Fsp3) is 0.273. The van der Waals surface area contributed by atoms with Gasteiger partial charge in [-0.2, -0.15) is 0 Å². The minimum Gasteiger partial charge on any atom is -0.348 e. The molecule has 0 saturated carbocycles. The Balaban J connectivity index is 2.76. The number of carbonyl (C=O) groups excluding carboxylic acids is 2. The molecule has 0 spiro atoms. The molecule has 0 atom stereocenters. The number of hydrogen-bond acceptors (Lipinski definition) is 2. The van der Waals surface area contributed by atoms with Gasteiger partial charge in [0.05, 0.1) is 5.69 Å². The maximum absolute atomic E-state index is 13.2. The third kappa shape index (κ3) is 3.22. The van der Waals surface area contributed by atoms with Crippen molar-refractivity contribution >= 4 is 17.5 Å².